The molecule has 1 N–H and O–H groups in total. The quantitative estimate of drug-likeness (QED) is 0.769. The number of carbonyl (C=O) groups is 1. The van der Waals surface area contributed by atoms with Crippen LogP contribution in [0.5, 0.6) is 11.5 Å². The molecule has 0 unspecified atom stereocenters. The molecule has 132 valence electrons. The Morgan fingerprint density at radius 3 is 2.81 bits per heavy atom. The van der Waals surface area contributed by atoms with Gasteiger partial charge in [-0.1, -0.05) is 12.1 Å². The highest BCUT2D eigenvalue weighted by molar-refractivity contribution is 5.92. The summed E-state index contributed by atoms with van der Waals surface area (Å²) in [6, 6.07) is 13.3. The monoisotopic (exact) mass is 348 g/mol. The minimum atomic E-state index is -0.171. The maximum atomic E-state index is 12.4. The minimum absolute atomic E-state index is 0.127. The van der Waals surface area contributed by atoms with Gasteiger partial charge in [0.15, 0.2) is 0 Å². The lowest BCUT2D eigenvalue weighted by Gasteiger charge is -2.07. The van der Waals surface area contributed by atoms with Gasteiger partial charge in [-0.15, -0.1) is 0 Å². The van der Waals surface area contributed by atoms with E-state index in [4.69, 9.17) is 4.74 Å². The van der Waals surface area contributed by atoms with Crippen LogP contribution in [0.1, 0.15) is 34.1 Å². The second-order valence-corrected chi connectivity index (χ2v) is 6.63. The van der Waals surface area contributed by atoms with Crippen molar-refractivity contribution in [1.29, 1.82) is 0 Å². The van der Waals surface area contributed by atoms with Gasteiger partial charge in [-0.3, -0.25) is 9.48 Å². The molecule has 6 heteroatoms. The number of hydrogen-bond acceptors (Lipinski definition) is 4. The number of nitrogens with one attached hydrogen (secondary N) is 1. The summed E-state index contributed by atoms with van der Waals surface area (Å²) in [6.07, 6.45) is 4.40. The number of benzene rings is 1. The van der Waals surface area contributed by atoms with Gasteiger partial charge in [0.05, 0.1) is 11.9 Å². The number of amides is 1. The zero-order valence-corrected chi connectivity index (χ0v) is 14.7. The third-order valence-electron chi connectivity index (χ3n) is 4.42. The van der Waals surface area contributed by atoms with Crippen LogP contribution in [0, 0.1) is 6.92 Å². The normalized spacial score (nSPS) is 18.4. The molecule has 6 nitrogen and oxygen atoms in total. The van der Waals surface area contributed by atoms with Gasteiger partial charge in [0.2, 0.25) is 0 Å². The minimum Gasteiger partial charge on any atom is -0.456 e. The molecule has 1 amide bonds. The van der Waals surface area contributed by atoms with Gasteiger partial charge in [-0.2, -0.15) is 5.10 Å². The molecule has 2 aromatic heterocycles. The fraction of sp³-hybridized carbons (Fsp3) is 0.250. The molecule has 26 heavy (non-hydrogen) atoms. The molecular formula is C20H20N4O2. The molecule has 1 fully saturated rings. The summed E-state index contributed by atoms with van der Waals surface area (Å²) >= 11 is 0. The molecule has 0 spiro atoms. The highest BCUT2D eigenvalue weighted by Gasteiger charge is 2.41. The zero-order valence-electron chi connectivity index (χ0n) is 14.7. The van der Waals surface area contributed by atoms with Gasteiger partial charge in [-0.25, -0.2) is 4.98 Å². The predicted octanol–water partition coefficient (Wildman–Crippen LogP) is 3.20. The molecule has 0 saturated heterocycles. The van der Waals surface area contributed by atoms with Crippen molar-refractivity contribution >= 4 is 5.91 Å². The maximum Gasteiger partial charge on any atom is 0.270 e. The average Bonchev–Trinajstić information content (AvgIpc) is 3.25. The highest BCUT2D eigenvalue weighted by Crippen LogP contribution is 2.39. The molecule has 0 bridgehead atoms. The zero-order chi connectivity index (χ0) is 18.1. The van der Waals surface area contributed by atoms with E-state index in [-0.39, 0.29) is 11.9 Å². The van der Waals surface area contributed by atoms with E-state index in [9.17, 15) is 4.79 Å². The molecule has 0 radical (unpaired) electrons. The van der Waals surface area contributed by atoms with Crippen molar-refractivity contribution in [3.05, 3.63) is 71.8 Å². The van der Waals surface area contributed by atoms with E-state index in [2.05, 4.69) is 15.4 Å². The predicted molar refractivity (Wildman–Crippen MR) is 97.3 cm³/mol. The van der Waals surface area contributed by atoms with Gasteiger partial charge in [0.1, 0.15) is 17.2 Å². The van der Waals surface area contributed by atoms with Gasteiger partial charge >= 0.3 is 0 Å². The van der Waals surface area contributed by atoms with Crippen LogP contribution in [0.3, 0.4) is 0 Å². The summed E-state index contributed by atoms with van der Waals surface area (Å²) in [5.74, 6) is 1.48. The summed E-state index contributed by atoms with van der Waals surface area (Å²) in [6.45, 7) is 2.01. The first kappa shape index (κ1) is 16.3. The van der Waals surface area contributed by atoms with E-state index in [1.807, 2.05) is 50.5 Å². The lowest BCUT2D eigenvalue weighted by Crippen LogP contribution is -2.27. The van der Waals surface area contributed by atoms with E-state index < -0.39 is 0 Å². The molecule has 0 aliphatic heterocycles. The molecular weight excluding hydrogens is 328 g/mol. The van der Waals surface area contributed by atoms with Crippen molar-refractivity contribution in [2.45, 2.75) is 25.3 Å². The Hall–Kier alpha value is -3.15. The summed E-state index contributed by atoms with van der Waals surface area (Å²) in [7, 11) is 1.89. The van der Waals surface area contributed by atoms with Crippen LogP contribution in [0.2, 0.25) is 0 Å². The first-order valence-electron chi connectivity index (χ1n) is 8.59. The van der Waals surface area contributed by atoms with E-state index in [0.29, 0.717) is 17.4 Å². The van der Waals surface area contributed by atoms with Gasteiger partial charge in [0.25, 0.3) is 5.91 Å². The number of nitrogens with zero attached hydrogens (tertiary/aromatic N) is 3. The van der Waals surface area contributed by atoms with Crippen LogP contribution in [-0.4, -0.2) is 26.7 Å². The van der Waals surface area contributed by atoms with Crippen molar-refractivity contribution in [1.82, 2.24) is 20.1 Å². The lowest BCUT2D eigenvalue weighted by molar-refractivity contribution is 0.0945. The molecule has 1 saturated carbocycles. The second-order valence-electron chi connectivity index (χ2n) is 6.63. The summed E-state index contributed by atoms with van der Waals surface area (Å²) in [4.78, 5) is 16.6. The first-order chi connectivity index (χ1) is 12.6. The number of hydrogen-bond donors (Lipinski definition) is 1. The van der Waals surface area contributed by atoms with Crippen LogP contribution in [0.4, 0.5) is 0 Å². The number of ether oxygens (including phenoxy) is 1. The molecule has 3 aromatic rings. The third-order valence-corrected chi connectivity index (χ3v) is 4.42. The van der Waals surface area contributed by atoms with Crippen molar-refractivity contribution in [3.63, 3.8) is 0 Å². The van der Waals surface area contributed by atoms with Crippen LogP contribution >= 0.6 is 0 Å². The SMILES string of the molecule is Cc1cccc(Oc2ccc(C(=O)N[C@@H]3C[C@H]3c3ccn(C)n3)nc2)c1. The number of aromatic nitrogens is 3. The summed E-state index contributed by atoms with van der Waals surface area (Å²) < 4.78 is 7.54. The van der Waals surface area contributed by atoms with Crippen molar-refractivity contribution in [2.24, 2.45) is 7.05 Å². The summed E-state index contributed by atoms with van der Waals surface area (Å²) in [5.41, 5.74) is 2.53. The Bertz CT molecular complexity index is 933. The standard InChI is InChI=1S/C20H20N4O2/c1-13-4-3-5-14(10-13)26-15-6-7-18(21-12-15)20(25)22-19-11-16(19)17-8-9-24(2)23-17/h3-10,12,16,19H,11H2,1-2H3,(H,22,25)/t16-,19+/m0/s1. The third kappa shape index (κ3) is 3.59. The van der Waals surface area contributed by atoms with E-state index in [0.717, 1.165) is 23.4 Å². The van der Waals surface area contributed by atoms with Gasteiger partial charge in [-0.05, 0) is 49.2 Å². The van der Waals surface area contributed by atoms with Gasteiger partial charge < -0.3 is 10.1 Å². The van der Waals surface area contributed by atoms with E-state index in [1.54, 1.807) is 23.0 Å². The molecule has 2 atom stereocenters. The van der Waals surface area contributed by atoms with Crippen LogP contribution in [0.15, 0.2) is 54.9 Å². The molecule has 1 aliphatic rings. The Morgan fingerprint density at radius 2 is 2.12 bits per heavy atom. The van der Waals surface area contributed by atoms with Crippen molar-refractivity contribution in [3.8, 4) is 11.5 Å². The molecule has 2 heterocycles. The number of rotatable bonds is 5. The van der Waals surface area contributed by atoms with E-state index in [1.165, 1.54) is 0 Å². The fourth-order valence-electron chi connectivity index (χ4n) is 2.94. The summed E-state index contributed by atoms with van der Waals surface area (Å²) in [5, 5.41) is 7.41. The Kier molecular flexibility index (Phi) is 4.16. The Balaban J connectivity index is 1.35. The molecule has 1 aliphatic carbocycles. The Morgan fingerprint density at radius 1 is 1.23 bits per heavy atom. The molecule has 4 rings (SSSR count). The topological polar surface area (TPSA) is 69.0 Å². The highest BCUT2D eigenvalue weighted by atomic mass is 16.5. The van der Waals surface area contributed by atoms with Gasteiger partial charge in [0, 0.05) is 25.2 Å². The van der Waals surface area contributed by atoms with Crippen molar-refractivity contribution in [2.75, 3.05) is 0 Å². The maximum absolute atomic E-state index is 12.4. The average molecular weight is 348 g/mol. The van der Waals surface area contributed by atoms with E-state index >= 15 is 0 Å². The van der Waals surface area contributed by atoms with Crippen LogP contribution < -0.4 is 10.1 Å². The Labute approximate surface area is 151 Å². The first-order valence-corrected chi connectivity index (χ1v) is 8.59. The number of pyridine rings is 1. The fourth-order valence-corrected chi connectivity index (χ4v) is 2.94. The second kappa shape index (κ2) is 6.63. The van der Waals surface area contributed by atoms with Crippen molar-refractivity contribution < 1.29 is 9.53 Å². The van der Waals surface area contributed by atoms with Crippen LogP contribution in [-0.2, 0) is 7.05 Å². The number of aryl methyl sites for hydroxylation is 2. The molecule has 1 aromatic carbocycles. The number of carbonyl (C=O) groups excluding carboxylic acids is 1. The van der Waals surface area contributed by atoms with Crippen LogP contribution in [0.25, 0.3) is 0 Å². The lowest BCUT2D eigenvalue weighted by atomic mass is 10.2. The largest absolute Gasteiger partial charge is 0.456 e. The smallest absolute Gasteiger partial charge is 0.270 e.